The molecule has 1 saturated carbocycles. The number of halogens is 2. The van der Waals surface area contributed by atoms with Crippen LogP contribution in [0.4, 0.5) is 8.78 Å². The van der Waals surface area contributed by atoms with Crippen LogP contribution in [0.5, 0.6) is 0 Å². The molecular weight excluding hydrogens is 196 g/mol. The van der Waals surface area contributed by atoms with Gasteiger partial charge in [0.05, 0.1) is 0 Å². The minimum atomic E-state index is -2.40. The van der Waals surface area contributed by atoms with E-state index in [1.807, 2.05) is 6.07 Å². The Morgan fingerprint density at radius 2 is 1.93 bits per heavy atom. The number of hydrogen-bond donors (Lipinski definition) is 1. The van der Waals surface area contributed by atoms with Crippen molar-refractivity contribution in [2.45, 2.75) is 31.1 Å². The number of hydrogen-bond acceptors (Lipinski definition) is 1. The molecule has 0 spiro atoms. The molecule has 0 heterocycles. The molecule has 0 aliphatic heterocycles. The van der Waals surface area contributed by atoms with E-state index in [1.54, 1.807) is 12.1 Å². The molecule has 15 heavy (non-hydrogen) atoms. The molecule has 1 aliphatic rings. The molecule has 1 fully saturated rings. The molecule has 0 atom stereocenters. The third-order valence-corrected chi connectivity index (χ3v) is 3.47. The lowest BCUT2D eigenvalue weighted by molar-refractivity contribution is 0.144. The van der Waals surface area contributed by atoms with Crippen LogP contribution in [-0.2, 0) is 5.41 Å². The maximum absolute atomic E-state index is 12.8. The molecule has 0 unspecified atom stereocenters. The fourth-order valence-electron chi connectivity index (χ4n) is 2.36. The quantitative estimate of drug-likeness (QED) is 0.817. The van der Waals surface area contributed by atoms with Crippen LogP contribution in [-0.4, -0.2) is 6.54 Å². The van der Waals surface area contributed by atoms with Crippen molar-refractivity contribution in [1.82, 2.24) is 0 Å². The maximum Gasteiger partial charge on any atom is 0.264 e. The zero-order valence-electron chi connectivity index (χ0n) is 8.55. The Hall–Kier alpha value is -0.960. The van der Waals surface area contributed by atoms with Gasteiger partial charge in [0.15, 0.2) is 0 Å². The maximum atomic E-state index is 12.8. The molecule has 2 rings (SSSR count). The van der Waals surface area contributed by atoms with E-state index in [4.69, 9.17) is 5.73 Å². The molecule has 1 aliphatic carbocycles. The normalized spacial score (nSPS) is 18.9. The van der Waals surface area contributed by atoms with E-state index in [0.717, 1.165) is 24.8 Å². The number of nitrogens with two attached hydrogens (primary N) is 1. The van der Waals surface area contributed by atoms with Crippen molar-refractivity contribution in [3.63, 3.8) is 0 Å². The summed E-state index contributed by atoms with van der Waals surface area (Å²) in [7, 11) is 0. The van der Waals surface area contributed by atoms with Crippen molar-refractivity contribution in [3.8, 4) is 0 Å². The fraction of sp³-hybridized carbons (Fsp3) is 0.500. The predicted octanol–water partition coefficient (Wildman–Crippen LogP) is 3.00. The van der Waals surface area contributed by atoms with Crippen molar-refractivity contribution in [2.24, 2.45) is 5.73 Å². The Bertz CT molecular complexity index is 340. The predicted molar refractivity (Wildman–Crippen MR) is 56.0 cm³/mol. The van der Waals surface area contributed by atoms with Crippen molar-refractivity contribution in [1.29, 1.82) is 0 Å². The number of alkyl halides is 2. The summed E-state index contributed by atoms with van der Waals surface area (Å²) in [5, 5.41) is 0. The van der Waals surface area contributed by atoms with Gasteiger partial charge in [0.2, 0.25) is 0 Å². The highest BCUT2D eigenvalue weighted by molar-refractivity contribution is 5.37. The van der Waals surface area contributed by atoms with Crippen LogP contribution in [0.15, 0.2) is 24.3 Å². The SMILES string of the molecule is NCC1(c2ccccc2C(F)F)CCC1. The molecule has 1 aromatic rings. The first-order valence-electron chi connectivity index (χ1n) is 5.27. The second kappa shape index (κ2) is 3.89. The van der Waals surface area contributed by atoms with Gasteiger partial charge in [-0.15, -0.1) is 0 Å². The molecular formula is C12H15F2N. The van der Waals surface area contributed by atoms with Crippen LogP contribution in [0.2, 0.25) is 0 Å². The lowest BCUT2D eigenvalue weighted by Gasteiger charge is -2.42. The second-order valence-corrected chi connectivity index (χ2v) is 4.23. The molecule has 82 valence electrons. The summed E-state index contributed by atoms with van der Waals surface area (Å²) in [6.45, 7) is 0.469. The van der Waals surface area contributed by atoms with E-state index in [-0.39, 0.29) is 11.0 Å². The van der Waals surface area contributed by atoms with Gasteiger partial charge in [-0.25, -0.2) is 8.78 Å². The Balaban J connectivity index is 2.42. The number of benzene rings is 1. The van der Waals surface area contributed by atoms with Gasteiger partial charge in [-0.1, -0.05) is 30.7 Å². The first-order valence-corrected chi connectivity index (χ1v) is 5.27. The summed E-state index contributed by atoms with van der Waals surface area (Å²) in [4.78, 5) is 0. The highest BCUT2D eigenvalue weighted by Crippen LogP contribution is 2.45. The minimum Gasteiger partial charge on any atom is -0.330 e. The standard InChI is InChI=1S/C12H15F2N/c13-11(14)9-4-1-2-5-10(9)12(8-15)6-3-7-12/h1-2,4-5,11H,3,6-8,15H2. The average molecular weight is 211 g/mol. The fourth-order valence-corrected chi connectivity index (χ4v) is 2.36. The Morgan fingerprint density at radius 1 is 1.27 bits per heavy atom. The third kappa shape index (κ3) is 1.65. The van der Waals surface area contributed by atoms with Crippen LogP contribution in [0.25, 0.3) is 0 Å². The summed E-state index contributed by atoms with van der Waals surface area (Å²) in [6, 6.07) is 6.79. The van der Waals surface area contributed by atoms with Crippen LogP contribution in [0.1, 0.15) is 36.8 Å². The van der Waals surface area contributed by atoms with E-state index in [0.29, 0.717) is 6.54 Å². The van der Waals surface area contributed by atoms with Crippen molar-refractivity contribution < 1.29 is 8.78 Å². The van der Waals surface area contributed by atoms with E-state index >= 15 is 0 Å². The molecule has 3 heteroatoms. The van der Waals surface area contributed by atoms with E-state index in [9.17, 15) is 8.78 Å². The van der Waals surface area contributed by atoms with Crippen LogP contribution < -0.4 is 5.73 Å². The molecule has 0 aromatic heterocycles. The molecule has 0 amide bonds. The average Bonchev–Trinajstić information content (AvgIpc) is 2.17. The number of rotatable bonds is 3. The lowest BCUT2D eigenvalue weighted by atomic mass is 9.63. The molecule has 2 N–H and O–H groups in total. The van der Waals surface area contributed by atoms with Crippen molar-refractivity contribution >= 4 is 0 Å². The molecule has 1 nitrogen and oxygen atoms in total. The smallest absolute Gasteiger partial charge is 0.264 e. The van der Waals surface area contributed by atoms with Gasteiger partial charge < -0.3 is 5.73 Å². The molecule has 1 aromatic carbocycles. The summed E-state index contributed by atoms with van der Waals surface area (Å²) in [5.41, 5.74) is 6.46. The Labute approximate surface area is 88.3 Å². The van der Waals surface area contributed by atoms with Gasteiger partial charge in [0.25, 0.3) is 6.43 Å². The minimum absolute atomic E-state index is 0.155. The van der Waals surface area contributed by atoms with Gasteiger partial charge >= 0.3 is 0 Å². The topological polar surface area (TPSA) is 26.0 Å². The van der Waals surface area contributed by atoms with Gasteiger partial charge in [0, 0.05) is 17.5 Å². The van der Waals surface area contributed by atoms with Gasteiger partial charge in [-0.3, -0.25) is 0 Å². The first kappa shape index (κ1) is 10.6. The molecule has 0 bridgehead atoms. The first-order chi connectivity index (χ1) is 7.19. The van der Waals surface area contributed by atoms with Gasteiger partial charge in [-0.05, 0) is 18.4 Å². The van der Waals surface area contributed by atoms with Crippen LogP contribution in [0.3, 0.4) is 0 Å². The Morgan fingerprint density at radius 3 is 2.40 bits per heavy atom. The van der Waals surface area contributed by atoms with Gasteiger partial charge in [-0.2, -0.15) is 0 Å². The Kier molecular flexibility index (Phi) is 2.74. The van der Waals surface area contributed by atoms with Gasteiger partial charge in [0.1, 0.15) is 0 Å². The van der Waals surface area contributed by atoms with E-state index in [1.165, 1.54) is 6.07 Å². The summed E-state index contributed by atoms with van der Waals surface area (Å²) < 4.78 is 25.6. The summed E-state index contributed by atoms with van der Waals surface area (Å²) >= 11 is 0. The van der Waals surface area contributed by atoms with E-state index in [2.05, 4.69) is 0 Å². The second-order valence-electron chi connectivity index (χ2n) is 4.23. The van der Waals surface area contributed by atoms with Crippen molar-refractivity contribution in [3.05, 3.63) is 35.4 Å². The van der Waals surface area contributed by atoms with E-state index < -0.39 is 6.43 Å². The zero-order chi connectivity index (χ0) is 10.9. The van der Waals surface area contributed by atoms with Crippen molar-refractivity contribution in [2.75, 3.05) is 6.54 Å². The van der Waals surface area contributed by atoms with Crippen LogP contribution >= 0.6 is 0 Å². The van der Waals surface area contributed by atoms with Crippen LogP contribution in [0, 0.1) is 0 Å². The lowest BCUT2D eigenvalue weighted by Crippen LogP contribution is -2.42. The highest BCUT2D eigenvalue weighted by atomic mass is 19.3. The third-order valence-electron chi connectivity index (χ3n) is 3.47. The molecule has 0 saturated heterocycles. The zero-order valence-corrected chi connectivity index (χ0v) is 8.55. The highest BCUT2D eigenvalue weighted by Gasteiger charge is 2.39. The summed E-state index contributed by atoms with van der Waals surface area (Å²) in [5.74, 6) is 0. The monoisotopic (exact) mass is 211 g/mol. The molecule has 0 radical (unpaired) electrons. The largest absolute Gasteiger partial charge is 0.330 e. The summed E-state index contributed by atoms with van der Waals surface area (Å²) in [6.07, 6.45) is 0.570.